The van der Waals surface area contributed by atoms with Crippen LogP contribution < -0.4 is 0 Å². The molecule has 0 N–H and O–H groups in total. The monoisotopic (exact) mass is 760 g/mol. The molecule has 3 aromatic heterocycles. The summed E-state index contributed by atoms with van der Waals surface area (Å²) in [5.41, 5.74) is 13.4. The Bertz CT molecular complexity index is 3300. The molecule has 0 amide bonds. The number of furan rings is 1. The summed E-state index contributed by atoms with van der Waals surface area (Å²) in [6.07, 6.45) is 0. The van der Waals surface area contributed by atoms with Crippen molar-refractivity contribution in [1.82, 2.24) is 19.9 Å². The maximum absolute atomic E-state index is 6.12. The lowest BCUT2D eigenvalue weighted by atomic mass is 9.95. The van der Waals surface area contributed by atoms with E-state index in [1.165, 1.54) is 15.8 Å². The van der Waals surface area contributed by atoms with Gasteiger partial charge >= 0.3 is 0 Å². The summed E-state index contributed by atoms with van der Waals surface area (Å²) in [4.78, 5) is 20.1. The molecule has 11 aromatic rings. The van der Waals surface area contributed by atoms with Crippen LogP contribution in [0.5, 0.6) is 0 Å². The zero-order valence-corrected chi connectivity index (χ0v) is 31.9. The molecule has 0 atom stereocenters. The van der Waals surface area contributed by atoms with Gasteiger partial charge in [-0.15, -0.1) is 11.3 Å². The van der Waals surface area contributed by atoms with Crippen LogP contribution in [-0.4, -0.2) is 19.9 Å². The molecule has 6 heteroatoms. The molecule has 11 rings (SSSR count). The molecule has 0 aliphatic heterocycles. The second kappa shape index (κ2) is 14.2. The van der Waals surface area contributed by atoms with Crippen LogP contribution >= 0.6 is 11.3 Å². The molecule has 0 aliphatic carbocycles. The number of hydrogen-bond acceptors (Lipinski definition) is 6. The van der Waals surface area contributed by atoms with Gasteiger partial charge in [-0.2, -0.15) is 0 Å². The first-order valence-corrected chi connectivity index (χ1v) is 20.0. The SMILES string of the molecule is c1ccc(-c2nc(-c3cccc(-c4cccc(-c5cccc(-c6cccc7nc(-c8ccccc8)sc67)c5)c4)c3)nc(-c3ccc4oc5ccccc5c4c3)n2)cc1. The molecule has 0 saturated carbocycles. The molecule has 0 saturated heterocycles. The molecule has 0 fully saturated rings. The molecule has 0 spiro atoms. The average Bonchev–Trinajstić information content (AvgIpc) is 3.92. The molecule has 0 radical (unpaired) electrons. The fourth-order valence-electron chi connectivity index (χ4n) is 7.68. The zero-order valence-electron chi connectivity index (χ0n) is 31.1. The van der Waals surface area contributed by atoms with E-state index in [-0.39, 0.29) is 0 Å². The van der Waals surface area contributed by atoms with E-state index in [9.17, 15) is 0 Å². The highest BCUT2D eigenvalue weighted by atomic mass is 32.1. The van der Waals surface area contributed by atoms with Gasteiger partial charge in [-0.25, -0.2) is 19.9 Å². The fraction of sp³-hybridized carbons (Fsp3) is 0. The highest BCUT2D eigenvalue weighted by Crippen LogP contribution is 2.39. The van der Waals surface area contributed by atoms with Gasteiger partial charge in [0.05, 0.1) is 10.2 Å². The molecule has 0 aliphatic rings. The van der Waals surface area contributed by atoms with Crippen LogP contribution in [-0.2, 0) is 0 Å². The topological polar surface area (TPSA) is 64.7 Å². The van der Waals surface area contributed by atoms with Crippen molar-refractivity contribution in [2.45, 2.75) is 0 Å². The van der Waals surface area contributed by atoms with Crippen LogP contribution in [0.4, 0.5) is 0 Å². The number of rotatable bonds is 7. The van der Waals surface area contributed by atoms with Gasteiger partial charge in [-0.05, 0) is 76.3 Å². The molecule has 3 heterocycles. The molecular formula is C52H32N4OS. The number of benzene rings is 8. The summed E-state index contributed by atoms with van der Waals surface area (Å²) in [5.74, 6) is 1.84. The summed E-state index contributed by atoms with van der Waals surface area (Å²) in [6.45, 7) is 0. The Morgan fingerprint density at radius 2 is 0.828 bits per heavy atom. The van der Waals surface area contributed by atoms with Crippen LogP contribution in [0, 0.1) is 0 Å². The third-order valence-corrected chi connectivity index (χ3v) is 11.7. The Balaban J connectivity index is 0.958. The van der Waals surface area contributed by atoms with E-state index >= 15 is 0 Å². The average molecular weight is 761 g/mol. The second-order valence-corrected chi connectivity index (χ2v) is 15.3. The summed E-state index contributed by atoms with van der Waals surface area (Å²) in [5, 5.41) is 3.12. The molecule has 0 unspecified atom stereocenters. The summed E-state index contributed by atoms with van der Waals surface area (Å²) in [7, 11) is 0. The Hall–Kier alpha value is -7.54. The fourth-order valence-corrected chi connectivity index (χ4v) is 8.78. The van der Waals surface area contributed by atoms with Gasteiger partial charge in [0, 0.05) is 38.6 Å². The summed E-state index contributed by atoms with van der Waals surface area (Å²) in [6, 6.07) is 67.1. The van der Waals surface area contributed by atoms with Gasteiger partial charge < -0.3 is 4.42 Å². The number of aromatic nitrogens is 4. The van der Waals surface area contributed by atoms with E-state index in [4.69, 9.17) is 24.4 Å². The van der Waals surface area contributed by atoms with E-state index < -0.39 is 0 Å². The molecule has 58 heavy (non-hydrogen) atoms. The first-order chi connectivity index (χ1) is 28.7. The number of hydrogen-bond donors (Lipinski definition) is 0. The highest BCUT2D eigenvalue weighted by Gasteiger charge is 2.16. The van der Waals surface area contributed by atoms with Crippen LogP contribution in [0.1, 0.15) is 0 Å². The van der Waals surface area contributed by atoms with Gasteiger partial charge in [0.25, 0.3) is 0 Å². The Morgan fingerprint density at radius 3 is 1.53 bits per heavy atom. The third kappa shape index (κ3) is 6.22. The lowest BCUT2D eigenvalue weighted by molar-refractivity contribution is 0.669. The smallest absolute Gasteiger partial charge is 0.164 e. The van der Waals surface area contributed by atoms with Crippen LogP contribution in [0.25, 0.3) is 110 Å². The standard InChI is InChI=1S/C52H32N4OS/c1-3-13-33(14-4-1)49-54-50(56-51(55-49)41-27-28-47-44(32-41)43-23-7-8-26-46(43)57-47)40-22-11-20-38(31-40)36-18-9-17-35(29-36)37-19-10-21-39(30-37)42-24-12-25-45-48(42)58-52(53-45)34-15-5-2-6-16-34/h1-32H. The normalized spacial score (nSPS) is 11.4. The van der Waals surface area contributed by atoms with Crippen molar-refractivity contribution < 1.29 is 4.42 Å². The van der Waals surface area contributed by atoms with Crippen LogP contribution in [0.2, 0.25) is 0 Å². The molecular weight excluding hydrogens is 729 g/mol. The van der Waals surface area contributed by atoms with Crippen molar-refractivity contribution in [3.05, 3.63) is 194 Å². The molecule has 272 valence electrons. The maximum atomic E-state index is 6.12. The Kier molecular flexibility index (Phi) is 8.26. The zero-order chi connectivity index (χ0) is 38.4. The Morgan fingerprint density at radius 1 is 0.328 bits per heavy atom. The largest absolute Gasteiger partial charge is 0.456 e. The van der Waals surface area contributed by atoms with Crippen molar-refractivity contribution in [3.63, 3.8) is 0 Å². The Labute approximate surface area is 338 Å². The van der Waals surface area contributed by atoms with Crippen molar-refractivity contribution in [2.75, 3.05) is 0 Å². The second-order valence-electron chi connectivity index (χ2n) is 14.3. The summed E-state index contributed by atoms with van der Waals surface area (Å²) >= 11 is 1.74. The predicted molar refractivity (Wildman–Crippen MR) is 238 cm³/mol. The molecule has 0 bridgehead atoms. The molecule has 8 aromatic carbocycles. The number of para-hydroxylation sites is 1. The highest BCUT2D eigenvalue weighted by molar-refractivity contribution is 7.22. The van der Waals surface area contributed by atoms with Crippen molar-refractivity contribution in [3.8, 4) is 78.1 Å². The lowest BCUT2D eigenvalue weighted by Crippen LogP contribution is -2.00. The van der Waals surface area contributed by atoms with Crippen molar-refractivity contribution in [2.24, 2.45) is 0 Å². The summed E-state index contributed by atoms with van der Waals surface area (Å²) < 4.78 is 7.31. The first kappa shape index (κ1) is 33.8. The van der Waals surface area contributed by atoms with Gasteiger partial charge in [0.15, 0.2) is 17.5 Å². The minimum Gasteiger partial charge on any atom is -0.456 e. The van der Waals surface area contributed by atoms with Gasteiger partial charge in [0.1, 0.15) is 16.2 Å². The van der Waals surface area contributed by atoms with Gasteiger partial charge in [0.2, 0.25) is 0 Å². The maximum Gasteiger partial charge on any atom is 0.164 e. The number of fused-ring (bicyclic) bond motifs is 4. The third-order valence-electron chi connectivity index (χ3n) is 10.6. The van der Waals surface area contributed by atoms with Crippen molar-refractivity contribution in [1.29, 1.82) is 0 Å². The van der Waals surface area contributed by atoms with E-state index in [0.29, 0.717) is 17.5 Å². The van der Waals surface area contributed by atoms with E-state index in [2.05, 4.69) is 127 Å². The van der Waals surface area contributed by atoms with Gasteiger partial charge in [-0.1, -0.05) is 146 Å². The van der Waals surface area contributed by atoms with Crippen LogP contribution in [0.3, 0.4) is 0 Å². The quantitative estimate of drug-likeness (QED) is 0.162. The van der Waals surface area contributed by atoms with Crippen molar-refractivity contribution >= 4 is 43.5 Å². The van der Waals surface area contributed by atoms with Crippen LogP contribution in [0.15, 0.2) is 199 Å². The minimum absolute atomic E-state index is 0.605. The van der Waals surface area contributed by atoms with E-state index in [0.717, 1.165) is 77.0 Å². The minimum atomic E-state index is 0.605. The van der Waals surface area contributed by atoms with E-state index in [1.54, 1.807) is 11.3 Å². The number of thiazole rings is 1. The first-order valence-electron chi connectivity index (χ1n) is 19.2. The van der Waals surface area contributed by atoms with E-state index in [1.807, 2.05) is 66.7 Å². The predicted octanol–water partition coefficient (Wildman–Crippen LogP) is 14.0. The molecule has 5 nitrogen and oxygen atoms in total. The van der Waals surface area contributed by atoms with Gasteiger partial charge in [-0.3, -0.25) is 0 Å². The lowest BCUT2D eigenvalue weighted by Gasteiger charge is -2.11. The number of nitrogens with zero attached hydrogens (tertiary/aromatic N) is 4.